The maximum Gasteiger partial charge on any atom is 0.119 e. The molecule has 1 heterocycles. The summed E-state index contributed by atoms with van der Waals surface area (Å²) in [7, 11) is 1.70. The van der Waals surface area contributed by atoms with Crippen LogP contribution < -0.4 is 9.64 Å². The summed E-state index contributed by atoms with van der Waals surface area (Å²) in [5, 5.41) is 8.82. The largest absolute Gasteiger partial charge is 0.497 e. The Morgan fingerprint density at radius 1 is 1.00 bits per heavy atom. The van der Waals surface area contributed by atoms with Crippen molar-refractivity contribution in [3.05, 3.63) is 24.3 Å². The summed E-state index contributed by atoms with van der Waals surface area (Å²) >= 11 is 0. The van der Waals surface area contributed by atoms with Crippen molar-refractivity contribution in [1.29, 1.82) is 0 Å². The predicted octanol–water partition coefficient (Wildman–Crippen LogP) is 2.37. The minimum Gasteiger partial charge on any atom is -0.497 e. The molecule has 0 amide bonds. The van der Waals surface area contributed by atoms with Crippen LogP contribution in [0.3, 0.4) is 0 Å². The molecule has 1 N–H and O–H groups in total. The third-order valence-electron chi connectivity index (χ3n) is 4.16. The molecule has 1 saturated heterocycles. The second kappa shape index (κ2) is 8.90. The first-order chi connectivity index (χ1) is 10.3. The summed E-state index contributed by atoms with van der Waals surface area (Å²) in [5.74, 6) is 0.916. The average Bonchev–Trinajstić information content (AvgIpc) is 2.77. The van der Waals surface area contributed by atoms with Crippen LogP contribution in [-0.4, -0.2) is 56.4 Å². The van der Waals surface area contributed by atoms with E-state index in [1.54, 1.807) is 7.11 Å². The second-order valence-corrected chi connectivity index (χ2v) is 5.66. The molecule has 0 saturated carbocycles. The molecule has 21 heavy (non-hydrogen) atoms. The highest BCUT2D eigenvalue weighted by molar-refractivity contribution is 5.49. The normalized spacial score (nSPS) is 16.8. The van der Waals surface area contributed by atoms with Gasteiger partial charge in [0.25, 0.3) is 0 Å². The van der Waals surface area contributed by atoms with Crippen LogP contribution in [0, 0.1) is 0 Å². The maximum atomic E-state index is 8.82. The summed E-state index contributed by atoms with van der Waals surface area (Å²) < 4.78 is 5.22. The highest BCUT2D eigenvalue weighted by Crippen LogP contribution is 2.20. The van der Waals surface area contributed by atoms with Crippen molar-refractivity contribution in [1.82, 2.24) is 4.90 Å². The topological polar surface area (TPSA) is 35.9 Å². The molecule has 0 aromatic heterocycles. The molecule has 0 spiro atoms. The number of aliphatic hydroxyl groups is 1. The number of benzene rings is 1. The fourth-order valence-corrected chi connectivity index (χ4v) is 2.87. The summed E-state index contributed by atoms with van der Waals surface area (Å²) in [6.07, 6.45) is 4.48. The van der Waals surface area contributed by atoms with E-state index >= 15 is 0 Å². The molecule has 1 aromatic rings. The van der Waals surface area contributed by atoms with Crippen molar-refractivity contribution in [2.24, 2.45) is 0 Å². The number of hydrogen-bond donors (Lipinski definition) is 1. The molecule has 0 atom stereocenters. The van der Waals surface area contributed by atoms with Gasteiger partial charge >= 0.3 is 0 Å². The van der Waals surface area contributed by atoms with Gasteiger partial charge in [0.1, 0.15) is 5.75 Å². The molecule has 1 fully saturated rings. The lowest BCUT2D eigenvalue weighted by Crippen LogP contribution is -2.31. The average molecular weight is 292 g/mol. The molecule has 0 aliphatic carbocycles. The Balaban J connectivity index is 1.79. The number of methoxy groups -OCH3 is 1. The van der Waals surface area contributed by atoms with Crippen LogP contribution in [0.2, 0.25) is 0 Å². The first-order valence-electron chi connectivity index (χ1n) is 8.05. The Kier molecular flexibility index (Phi) is 6.83. The molecule has 0 bridgehead atoms. The number of nitrogens with zero attached hydrogens (tertiary/aromatic N) is 2. The number of ether oxygens (including phenoxy) is 1. The van der Waals surface area contributed by atoms with Gasteiger partial charge in [0.05, 0.1) is 7.11 Å². The van der Waals surface area contributed by atoms with E-state index in [2.05, 4.69) is 21.9 Å². The van der Waals surface area contributed by atoms with E-state index in [0.29, 0.717) is 6.61 Å². The standard InChI is InChI=1S/C17H28N2O2/c1-21-17-8-6-16(7-9-17)19-12-5-11-18(13-14-19)10-3-2-4-15-20/h6-9,20H,2-5,10-15H2,1H3. The lowest BCUT2D eigenvalue weighted by atomic mass is 10.2. The number of hydrogen-bond acceptors (Lipinski definition) is 4. The summed E-state index contributed by atoms with van der Waals surface area (Å²) in [6, 6.07) is 8.37. The number of anilines is 1. The van der Waals surface area contributed by atoms with Gasteiger partial charge < -0.3 is 19.6 Å². The molecule has 1 aromatic carbocycles. The summed E-state index contributed by atoms with van der Waals surface area (Å²) in [4.78, 5) is 5.02. The first-order valence-corrected chi connectivity index (χ1v) is 8.05. The van der Waals surface area contributed by atoms with Gasteiger partial charge in [-0.3, -0.25) is 0 Å². The molecular weight excluding hydrogens is 264 g/mol. The van der Waals surface area contributed by atoms with Crippen molar-refractivity contribution in [2.45, 2.75) is 25.7 Å². The van der Waals surface area contributed by atoms with Gasteiger partial charge in [0, 0.05) is 31.9 Å². The second-order valence-electron chi connectivity index (χ2n) is 5.66. The zero-order valence-electron chi connectivity index (χ0n) is 13.1. The van der Waals surface area contributed by atoms with E-state index in [0.717, 1.165) is 44.8 Å². The van der Waals surface area contributed by atoms with Gasteiger partial charge in [0.15, 0.2) is 0 Å². The molecule has 1 aliphatic heterocycles. The Labute approximate surface area is 128 Å². The minimum absolute atomic E-state index is 0.325. The third-order valence-corrected chi connectivity index (χ3v) is 4.16. The Bertz CT molecular complexity index is 394. The van der Waals surface area contributed by atoms with Crippen LogP contribution in [0.25, 0.3) is 0 Å². The highest BCUT2D eigenvalue weighted by atomic mass is 16.5. The van der Waals surface area contributed by atoms with Gasteiger partial charge in [-0.1, -0.05) is 0 Å². The Morgan fingerprint density at radius 3 is 2.52 bits per heavy atom. The third kappa shape index (κ3) is 5.21. The van der Waals surface area contributed by atoms with Gasteiger partial charge in [-0.2, -0.15) is 0 Å². The number of aliphatic hydroxyl groups excluding tert-OH is 1. The van der Waals surface area contributed by atoms with Gasteiger partial charge in [0.2, 0.25) is 0 Å². The monoisotopic (exact) mass is 292 g/mol. The van der Waals surface area contributed by atoms with E-state index in [4.69, 9.17) is 9.84 Å². The van der Waals surface area contributed by atoms with E-state index in [1.807, 2.05) is 12.1 Å². The van der Waals surface area contributed by atoms with E-state index in [1.165, 1.54) is 25.1 Å². The van der Waals surface area contributed by atoms with Crippen LogP contribution >= 0.6 is 0 Å². The van der Waals surface area contributed by atoms with Crippen LogP contribution in [0.4, 0.5) is 5.69 Å². The van der Waals surface area contributed by atoms with Crippen LogP contribution in [0.1, 0.15) is 25.7 Å². The smallest absolute Gasteiger partial charge is 0.119 e. The minimum atomic E-state index is 0.325. The summed E-state index contributed by atoms with van der Waals surface area (Å²) in [5.41, 5.74) is 1.29. The van der Waals surface area contributed by atoms with E-state index in [-0.39, 0.29) is 0 Å². The van der Waals surface area contributed by atoms with Gasteiger partial charge in [-0.25, -0.2) is 0 Å². The zero-order valence-corrected chi connectivity index (χ0v) is 13.1. The van der Waals surface area contributed by atoms with E-state index < -0.39 is 0 Å². The Hall–Kier alpha value is -1.26. The number of unbranched alkanes of at least 4 members (excludes halogenated alkanes) is 2. The molecular formula is C17H28N2O2. The molecule has 2 rings (SSSR count). The van der Waals surface area contributed by atoms with Crippen molar-refractivity contribution >= 4 is 5.69 Å². The SMILES string of the molecule is COc1ccc(N2CCCN(CCCCCO)CC2)cc1. The number of rotatable bonds is 7. The molecule has 0 radical (unpaired) electrons. The Morgan fingerprint density at radius 2 is 1.81 bits per heavy atom. The van der Waals surface area contributed by atoms with Crippen LogP contribution in [0.5, 0.6) is 5.75 Å². The predicted molar refractivity (Wildman–Crippen MR) is 87.2 cm³/mol. The summed E-state index contributed by atoms with van der Waals surface area (Å²) in [6.45, 7) is 6.02. The highest BCUT2D eigenvalue weighted by Gasteiger charge is 2.14. The van der Waals surface area contributed by atoms with Crippen LogP contribution in [0.15, 0.2) is 24.3 Å². The van der Waals surface area contributed by atoms with E-state index in [9.17, 15) is 0 Å². The fourth-order valence-electron chi connectivity index (χ4n) is 2.87. The van der Waals surface area contributed by atoms with Crippen LogP contribution in [-0.2, 0) is 0 Å². The molecule has 4 nitrogen and oxygen atoms in total. The lowest BCUT2D eigenvalue weighted by Gasteiger charge is -2.23. The maximum absolute atomic E-state index is 8.82. The first kappa shape index (κ1) is 16.1. The molecule has 1 aliphatic rings. The van der Waals surface area contributed by atoms with Crippen molar-refractivity contribution < 1.29 is 9.84 Å². The molecule has 118 valence electrons. The van der Waals surface area contributed by atoms with Crippen molar-refractivity contribution in [2.75, 3.05) is 51.3 Å². The van der Waals surface area contributed by atoms with Crippen molar-refractivity contribution in [3.63, 3.8) is 0 Å². The van der Waals surface area contributed by atoms with Gasteiger partial charge in [-0.05, 0) is 63.0 Å². The van der Waals surface area contributed by atoms with Crippen molar-refractivity contribution in [3.8, 4) is 5.75 Å². The quantitative estimate of drug-likeness (QED) is 0.783. The molecule has 4 heteroatoms. The molecule has 0 unspecified atom stereocenters. The lowest BCUT2D eigenvalue weighted by molar-refractivity contribution is 0.262. The van der Waals surface area contributed by atoms with Gasteiger partial charge in [-0.15, -0.1) is 0 Å². The fraction of sp³-hybridized carbons (Fsp3) is 0.647. The zero-order chi connectivity index (χ0) is 14.9.